The number of hydrogen-bond donors (Lipinski definition) is 1. The van der Waals surface area contributed by atoms with E-state index >= 15 is 0 Å². The Kier molecular flexibility index (Phi) is 5.48. The van der Waals surface area contributed by atoms with Gasteiger partial charge >= 0.3 is 0 Å². The number of anilines is 1. The van der Waals surface area contributed by atoms with Gasteiger partial charge in [0.2, 0.25) is 5.91 Å². The molecular weight excluding hydrogens is 356 g/mol. The molecule has 1 N–H and O–H groups in total. The van der Waals surface area contributed by atoms with Crippen LogP contribution in [0.5, 0.6) is 5.75 Å². The third kappa shape index (κ3) is 4.68. The van der Waals surface area contributed by atoms with Crippen molar-refractivity contribution >= 4 is 40.1 Å². The molecule has 0 aliphatic rings. The first-order valence-corrected chi connectivity index (χ1v) is 8.74. The molecule has 0 unspecified atom stereocenters. The molecule has 0 radical (unpaired) electrons. The van der Waals surface area contributed by atoms with E-state index in [0.29, 0.717) is 10.2 Å². The number of rotatable bonds is 5. The fourth-order valence-corrected chi connectivity index (χ4v) is 3.00. The monoisotopic (exact) mass is 370 g/mol. The maximum absolute atomic E-state index is 12.1. The number of thiazole rings is 1. The van der Waals surface area contributed by atoms with Gasteiger partial charge in [-0.2, -0.15) is 0 Å². The molecule has 0 saturated heterocycles. The highest BCUT2D eigenvalue weighted by atomic mass is 35.5. The molecule has 0 bridgehead atoms. The normalized spacial score (nSPS) is 10.8. The van der Waals surface area contributed by atoms with Crippen LogP contribution >= 0.6 is 22.9 Å². The lowest BCUT2D eigenvalue weighted by Crippen LogP contribution is -2.07. The van der Waals surface area contributed by atoms with E-state index in [1.54, 1.807) is 13.2 Å². The fourth-order valence-electron chi connectivity index (χ4n) is 2.15. The summed E-state index contributed by atoms with van der Waals surface area (Å²) in [6.07, 6.45) is 3.20. The lowest BCUT2D eigenvalue weighted by Gasteiger charge is -2.00. The molecule has 4 nitrogen and oxygen atoms in total. The van der Waals surface area contributed by atoms with Gasteiger partial charge in [0.25, 0.3) is 0 Å². The summed E-state index contributed by atoms with van der Waals surface area (Å²) >= 11 is 7.26. The molecular formula is C19H15ClN2O2S. The van der Waals surface area contributed by atoms with E-state index < -0.39 is 0 Å². The molecule has 0 fully saturated rings. The molecule has 3 rings (SSSR count). The number of amides is 1. The van der Waals surface area contributed by atoms with E-state index in [4.69, 9.17) is 16.3 Å². The van der Waals surface area contributed by atoms with Crippen molar-refractivity contribution in [3.8, 4) is 17.0 Å². The zero-order valence-electron chi connectivity index (χ0n) is 13.4. The van der Waals surface area contributed by atoms with Crippen LogP contribution in [0.2, 0.25) is 5.02 Å². The second-order valence-electron chi connectivity index (χ2n) is 5.14. The van der Waals surface area contributed by atoms with Crippen molar-refractivity contribution in [1.29, 1.82) is 0 Å². The van der Waals surface area contributed by atoms with Crippen LogP contribution in [0, 0.1) is 0 Å². The molecule has 3 aromatic rings. The number of nitrogens with zero attached hydrogens (tertiary/aromatic N) is 1. The second kappa shape index (κ2) is 7.96. The lowest BCUT2D eigenvalue weighted by atomic mass is 10.2. The number of carbonyl (C=O) groups is 1. The van der Waals surface area contributed by atoms with Crippen LogP contribution < -0.4 is 10.1 Å². The summed E-state index contributed by atoms with van der Waals surface area (Å²) in [7, 11) is 1.61. The van der Waals surface area contributed by atoms with Gasteiger partial charge in [-0.25, -0.2) is 4.98 Å². The maximum Gasteiger partial charge on any atom is 0.250 e. The maximum atomic E-state index is 12.1. The Bertz CT molecular complexity index is 904. The van der Waals surface area contributed by atoms with E-state index in [-0.39, 0.29) is 5.91 Å². The van der Waals surface area contributed by atoms with E-state index in [1.165, 1.54) is 17.4 Å². The molecule has 6 heteroatoms. The average molecular weight is 371 g/mol. The minimum Gasteiger partial charge on any atom is -0.497 e. The van der Waals surface area contributed by atoms with E-state index in [2.05, 4.69) is 10.3 Å². The Morgan fingerprint density at radius 1 is 1.24 bits per heavy atom. The van der Waals surface area contributed by atoms with Gasteiger partial charge in [-0.15, -0.1) is 11.3 Å². The minimum atomic E-state index is -0.236. The summed E-state index contributed by atoms with van der Waals surface area (Å²) in [5.41, 5.74) is 2.64. The predicted molar refractivity (Wildman–Crippen MR) is 103 cm³/mol. The number of hydrogen-bond acceptors (Lipinski definition) is 4. The number of halogens is 1. The van der Waals surface area contributed by atoms with Crippen LogP contribution in [-0.2, 0) is 4.79 Å². The van der Waals surface area contributed by atoms with Gasteiger partial charge in [-0.3, -0.25) is 10.1 Å². The number of methoxy groups -OCH3 is 1. The summed E-state index contributed by atoms with van der Waals surface area (Å²) in [6.45, 7) is 0. The number of nitrogens with one attached hydrogen (secondary N) is 1. The molecule has 25 heavy (non-hydrogen) atoms. The highest BCUT2D eigenvalue weighted by molar-refractivity contribution is 7.14. The Morgan fingerprint density at radius 3 is 2.80 bits per heavy atom. The molecule has 2 aromatic carbocycles. The smallest absolute Gasteiger partial charge is 0.250 e. The van der Waals surface area contributed by atoms with Gasteiger partial charge in [-0.1, -0.05) is 35.9 Å². The Morgan fingerprint density at radius 2 is 2.04 bits per heavy atom. The SMILES string of the molecule is COc1cccc(/C=C/C(=O)Nc2nc(-c3ccc(Cl)cc3)cs2)c1. The molecule has 0 aliphatic heterocycles. The van der Waals surface area contributed by atoms with Crippen molar-refractivity contribution in [2.75, 3.05) is 12.4 Å². The minimum absolute atomic E-state index is 0.236. The first-order valence-electron chi connectivity index (χ1n) is 7.48. The summed E-state index contributed by atoms with van der Waals surface area (Å²) in [5.74, 6) is 0.509. The second-order valence-corrected chi connectivity index (χ2v) is 6.44. The zero-order chi connectivity index (χ0) is 17.6. The van der Waals surface area contributed by atoms with Crippen LogP contribution in [0.1, 0.15) is 5.56 Å². The van der Waals surface area contributed by atoms with Crippen LogP contribution in [0.3, 0.4) is 0 Å². The van der Waals surface area contributed by atoms with Crippen LogP contribution in [-0.4, -0.2) is 18.0 Å². The van der Waals surface area contributed by atoms with Gasteiger partial charge in [0.05, 0.1) is 12.8 Å². The van der Waals surface area contributed by atoms with Crippen molar-refractivity contribution in [3.05, 3.63) is 70.6 Å². The molecule has 126 valence electrons. The standard InChI is InChI=1S/C19H15ClN2O2S/c1-24-16-4-2-3-13(11-16)5-10-18(23)22-19-21-17(12-25-19)14-6-8-15(20)9-7-14/h2-12H,1H3,(H,21,22,23)/b10-5+. The van der Waals surface area contributed by atoms with Crippen LogP contribution in [0.25, 0.3) is 17.3 Å². The zero-order valence-corrected chi connectivity index (χ0v) is 15.0. The predicted octanol–water partition coefficient (Wildman–Crippen LogP) is 5.12. The van der Waals surface area contributed by atoms with Crippen LogP contribution in [0.15, 0.2) is 60.0 Å². The highest BCUT2D eigenvalue weighted by Gasteiger charge is 2.06. The Labute approximate surface area is 154 Å². The summed E-state index contributed by atoms with van der Waals surface area (Å²) in [5, 5.41) is 5.88. The van der Waals surface area contributed by atoms with Crippen molar-refractivity contribution in [3.63, 3.8) is 0 Å². The Balaban J connectivity index is 1.65. The first kappa shape index (κ1) is 17.2. The van der Waals surface area contributed by atoms with Gasteiger partial charge in [0, 0.05) is 22.0 Å². The Hall–Kier alpha value is -2.63. The third-order valence-electron chi connectivity index (χ3n) is 3.40. The highest BCUT2D eigenvalue weighted by Crippen LogP contribution is 2.26. The van der Waals surface area contributed by atoms with Crippen LogP contribution in [0.4, 0.5) is 5.13 Å². The van der Waals surface area contributed by atoms with Crippen molar-refractivity contribution < 1.29 is 9.53 Å². The van der Waals surface area contributed by atoms with Gasteiger partial charge in [0.1, 0.15) is 5.75 Å². The van der Waals surface area contributed by atoms with Crippen molar-refractivity contribution in [1.82, 2.24) is 4.98 Å². The molecule has 0 spiro atoms. The number of ether oxygens (including phenoxy) is 1. The molecule has 1 heterocycles. The molecule has 0 aliphatic carbocycles. The number of benzene rings is 2. The third-order valence-corrected chi connectivity index (χ3v) is 4.40. The summed E-state index contributed by atoms with van der Waals surface area (Å²) in [6, 6.07) is 14.9. The van der Waals surface area contributed by atoms with Gasteiger partial charge in [0.15, 0.2) is 5.13 Å². The fraction of sp³-hybridized carbons (Fsp3) is 0.0526. The largest absolute Gasteiger partial charge is 0.497 e. The number of carbonyl (C=O) groups excluding carboxylic acids is 1. The topological polar surface area (TPSA) is 51.2 Å². The summed E-state index contributed by atoms with van der Waals surface area (Å²) in [4.78, 5) is 16.5. The molecule has 0 atom stereocenters. The van der Waals surface area contributed by atoms with Gasteiger partial charge in [-0.05, 0) is 35.9 Å². The first-order chi connectivity index (χ1) is 12.1. The summed E-state index contributed by atoms with van der Waals surface area (Å²) < 4.78 is 5.16. The van der Waals surface area contributed by atoms with E-state index in [9.17, 15) is 4.79 Å². The lowest BCUT2D eigenvalue weighted by molar-refractivity contribution is -0.111. The van der Waals surface area contributed by atoms with E-state index in [0.717, 1.165) is 22.6 Å². The average Bonchev–Trinajstić information content (AvgIpc) is 3.09. The van der Waals surface area contributed by atoms with Crippen molar-refractivity contribution in [2.45, 2.75) is 0 Å². The quantitative estimate of drug-likeness (QED) is 0.634. The molecule has 1 aromatic heterocycles. The number of aromatic nitrogens is 1. The molecule has 0 saturated carbocycles. The molecule has 1 amide bonds. The van der Waals surface area contributed by atoms with Crippen molar-refractivity contribution in [2.24, 2.45) is 0 Å². The van der Waals surface area contributed by atoms with Gasteiger partial charge < -0.3 is 4.74 Å². The van der Waals surface area contributed by atoms with E-state index in [1.807, 2.05) is 53.9 Å².